The van der Waals surface area contributed by atoms with Gasteiger partial charge in [0.1, 0.15) is 5.75 Å². The van der Waals surface area contributed by atoms with Gasteiger partial charge in [-0.15, -0.1) is 0 Å². The minimum Gasteiger partial charge on any atom is -0.479 e. The molecule has 8 nitrogen and oxygen atoms in total. The number of amides is 3. The zero-order valence-corrected chi connectivity index (χ0v) is 16.3. The van der Waals surface area contributed by atoms with E-state index < -0.39 is 30.6 Å². The summed E-state index contributed by atoms with van der Waals surface area (Å²) in [7, 11) is 0. The summed E-state index contributed by atoms with van der Waals surface area (Å²) in [5.74, 6) is -1.16. The van der Waals surface area contributed by atoms with Crippen molar-refractivity contribution in [2.75, 3.05) is 11.9 Å². The molecule has 0 aliphatic rings. The van der Waals surface area contributed by atoms with Crippen molar-refractivity contribution in [2.45, 2.75) is 26.9 Å². The number of nitrogens with zero attached hydrogens (tertiary/aromatic N) is 1. The number of hydrogen-bond donors (Lipinski definition) is 2. The Morgan fingerprint density at radius 1 is 1.10 bits per heavy atom. The second kappa shape index (κ2) is 9.90. The van der Waals surface area contributed by atoms with Crippen LogP contribution < -0.4 is 15.4 Å². The highest BCUT2D eigenvalue weighted by atomic mass is 16.6. The van der Waals surface area contributed by atoms with Crippen LogP contribution in [-0.2, 0) is 14.3 Å². The largest absolute Gasteiger partial charge is 0.479 e. The lowest BCUT2D eigenvalue weighted by Gasteiger charge is -2.14. The molecule has 0 spiro atoms. The molecule has 0 heterocycles. The average molecular weight is 395 g/mol. The van der Waals surface area contributed by atoms with E-state index >= 15 is 0 Å². The number of benzene rings is 2. The number of imide groups is 1. The number of aryl methyl sites for hydroxylation is 2. The van der Waals surface area contributed by atoms with Gasteiger partial charge in [0.15, 0.2) is 12.7 Å². The number of nitriles is 1. The molecule has 8 heteroatoms. The van der Waals surface area contributed by atoms with Crippen molar-refractivity contribution in [1.29, 1.82) is 5.26 Å². The van der Waals surface area contributed by atoms with Gasteiger partial charge in [-0.1, -0.05) is 17.7 Å². The lowest BCUT2D eigenvalue weighted by atomic mass is 10.1. The summed E-state index contributed by atoms with van der Waals surface area (Å²) in [5.41, 5.74) is 2.94. The van der Waals surface area contributed by atoms with Crippen LogP contribution in [0.5, 0.6) is 5.75 Å². The minimum atomic E-state index is -0.972. The second-order valence-corrected chi connectivity index (χ2v) is 6.32. The molecule has 2 aromatic carbocycles. The third-order valence-corrected chi connectivity index (χ3v) is 3.86. The van der Waals surface area contributed by atoms with E-state index in [1.165, 1.54) is 6.92 Å². The van der Waals surface area contributed by atoms with Crippen molar-refractivity contribution >= 4 is 23.6 Å². The zero-order valence-electron chi connectivity index (χ0n) is 16.3. The Balaban J connectivity index is 1.77. The first-order chi connectivity index (χ1) is 13.8. The molecule has 0 bridgehead atoms. The van der Waals surface area contributed by atoms with Crippen LogP contribution in [-0.4, -0.2) is 30.6 Å². The van der Waals surface area contributed by atoms with Gasteiger partial charge in [-0.3, -0.25) is 10.1 Å². The van der Waals surface area contributed by atoms with Crippen LogP contribution in [0.3, 0.4) is 0 Å². The van der Waals surface area contributed by atoms with Gasteiger partial charge in [-0.05, 0) is 56.7 Å². The molecule has 3 amide bonds. The van der Waals surface area contributed by atoms with Gasteiger partial charge < -0.3 is 14.8 Å². The molecule has 2 aromatic rings. The molecule has 0 radical (unpaired) electrons. The van der Waals surface area contributed by atoms with Gasteiger partial charge in [0.25, 0.3) is 5.91 Å². The monoisotopic (exact) mass is 395 g/mol. The number of nitrogens with one attached hydrogen (secondary N) is 2. The fourth-order valence-corrected chi connectivity index (χ4v) is 2.38. The van der Waals surface area contributed by atoms with Gasteiger partial charge in [0.05, 0.1) is 11.6 Å². The number of rotatable bonds is 6. The molecule has 1 unspecified atom stereocenters. The lowest BCUT2D eigenvalue weighted by Crippen LogP contribution is -2.38. The second-order valence-electron chi connectivity index (χ2n) is 6.32. The molecule has 0 aliphatic carbocycles. The highest BCUT2D eigenvalue weighted by Gasteiger charge is 2.18. The van der Waals surface area contributed by atoms with Gasteiger partial charge in [-0.25, -0.2) is 9.59 Å². The molecule has 0 saturated carbocycles. The van der Waals surface area contributed by atoms with E-state index in [4.69, 9.17) is 14.7 Å². The Hall–Kier alpha value is -3.86. The molecule has 0 fully saturated rings. The van der Waals surface area contributed by atoms with Crippen molar-refractivity contribution < 1.29 is 23.9 Å². The normalized spacial score (nSPS) is 11.0. The SMILES string of the molecule is Cc1ccc(NC(=O)NC(=O)COC(=O)C(C)Oc2ccc(C#N)cc2)c(C)c1. The van der Waals surface area contributed by atoms with Crippen LogP contribution in [0.25, 0.3) is 0 Å². The summed E-state index contributed by atoms with van der Waals surface area (Å²) in [6.07, 6.45) is -0.972. The van der Waals surface area contributed by atoms with Gasteiger partial charge in [0, 0.05) is 5.69 Å². The summed E-state index contributed by atoms with van der Waals surface area (Å²) in [6.45, 7) is 4.60. The van der Waals surface area contributed by atoms with E-state index in [0.29, 0.717) is 17.0 Å². The first kappa shape index (κ1) is 21.4. The van der Waals surface area contributed by atoms with Crippen LogP contribution >= 0.6 is 0 Å². The smallest absolute Gasteiger partial charge is 0.347 e. The maximum atomic E-state index is 11.9. The van der Waals surface area contributed by atoms with Crippen LogP contribution in [0.15, 0.2) is 42.5 Å². The fourth-order valence-electron chi connectivity index (χ4n) is 2.38. The molecule has 0 aromatic heterocycles. The summed E-state index contributed by atoms with van der Waals surface area (Å²) in [6, 6.07) is 12.9. The van der Waals surface area contributed by atoms with E-state index in [-0.39, 0.29) is 0 Å². The van der Waals surface area contributed by atoms with Gasteiger partial charge in [-0.2, -0.15) is 5.26 Å². The Bertz CT molecular complexity index is 948. The third-order valence-electron chi connectivity index (χ3n) is 3.86. The maximum Gasteiger partial charge on any atom is 0.347 e. The molecule has 29 heavy (non-hydrogen) atoms. The van der Waals surface area contributed by atoms with Crippen LogP contribution in [0.4, 0.5) is 10.5 Å². The number of ether oxygens (including phenoxy) is 2. The van der Waals surface area contributed by atoms with Crippen LogP contribution in [0.1, 0.15) is 23.6 Å². The molecule has 0 saturated heterocycles. The Morgan fingerprint density at radius 2 is 1.79 bits per heavy atom. The number of urea groups is 1. The minimum absolute atomic E-state index is 0.380. The molecule has 150 valence electrons. The Labute approximate surface area is 168 Å². The Kier molecular flexibility index (Phi) is 7.32. The zero-order chi connectivity index (χ0) is 21.4. The molecule has 2 N–H and O–H groups in total. The van der Waals surface area contributed by atoms with Crippen molar-refractivity contribution in [2.24, 2.45) is 0 Å². The van der Waals surface area contributed by atoms with E-state index in [1.54, 1.807) is 30.3 Å². The summed E-state index contributed by atoms with van der Waals surface area (Å²) in [5, 5.41) is 13.4. The number of anilines is 1. The first-order valence-electron chi connectivity index (χ1n) is 8.80. The summed E-state index contributed by atoms with van der Waals surface area (Å²) in [4.78, 5) is 35.7. The third kappa shape index (κ3) is 6.66. The summed E-state index contributed by atoms with van der Waals surface area (Å²) >= 11 is 0. The molecule has 2 rings (SSSR count). The predicted octanol–water partition coefficient (Wildman–Crippen LogP) is 2.83. The van der Waals surface area contributed by atoms with Gasteiger partial charge in [0.2, 0.25) is 0 Å². The van der Waals surface area contributed by atoms with Gasteiger partial charge >= 0.3 is 12.0 Å². The number of carbonyl (C=O) groups is 3. The molecular weight excluding hydrogens is 374 g/mol. The van der Waals surface area contributed by atoms with E-state index in [2.05, 4.69) is 10.6 Å². The standard InChI is InChI=1S/C21H21N3O5/c1-13-4-9-18(14(2)10-13)23-21(27)24-19(25)12-28-20(26)15(3)29-17-7-5-16(11-22)6-8-17/h4-10,15H,12H2,1-3H3,(H2,23,24,25,27). The topological polar surface area (TPSA) is 118 Å². The van der Waals surface area contributed by atoms with Crippen molar-refractivity contribution in [3.63, 3.8) is 0 Å². The molecular formula is C21H21N3O5. The molecule has 1 atom stereocenters. The Morgan fingerprint density at radius 3 is 2.41 bits per heavy atom. The quantitative estimate of drug-likeness (QED) is 0.726. The van der Waals surface area contributed by atoms with Crippen molar-refractivity contribution in [1.82, 2.24) is 5.32 Å². The van der Waals surface area contributed by atoms with Crippen LogP contribution in [0, 0.1) is 25.2 Å². The maximum absolute atomic E-state index is 11.9. The number of carbonyl (C=O) groups excluding carboxylic acids is 3. The summed E-state index contributed by atoms with van der Waals surface area (Å²) < 4.78 is 10.3. The molecule has 0 aliphatic heterocycles. The number of hydrogen-bond acceptors (Lipinski definition) is 6. The van der Waals surface area contributed by atoms with E-state index in [0.717, 1.165) is 11.1 Å². The fraction of sp³-hybridized carbons (Fsp3) is 0.238. The highest BCUT2D eigenvalue weighted by molar-refractivity contribution is 6.02. The van der Waals surface area contributed by atoms with Crippen molar-refractivity contribution in [3.8, 4) is 11.8 Å². The van der Waals surface area contributed by atoms with Crippen molar-refractivity contribution in [3.05, 3.63) is 59.2 Å². The lowest BCUT2D eigenvalue weighted by molar-refractivity contribution is -0.154. The van der Waals surface area contributed by atoms with Crippen LogP contribution in [0.2, 0.25) is 0 Å². The average Bonchev–Trinajstić information content (AvgIpc) is 2.68. The highest BCUT2D eigenvalue weighted by Crippen LogP contribution is 2.16. The first-order valence-corrected chi connectivity index (χ1v) is 8.80. The number of esters is 1. The van der Waals surface area contributed by atoms with E-state index in [1.807, 2.05) is 32.0 Å². The predicted molar refractivity (Wildman–Crippen MR) is 105 cm³/mol. The van der Waals surface area contributed by atoms with E-state index in [9.17, 15) is 14.4 Å².